The molecule has 5 N–H and O–H groups in total. The van der Waals surface area contributed by atoms with E-state index < -0.39 is 18.1 Å². The van der Waals surface area contributed by atoms with Crippen LogP contribution in [-0.4, -0.2) is 42.9 Å². The first-order chi connectivity index (χ1) is 11.0. The molecule has 0 radical (unpaired) electrons. The van der Waals surface area contributed by atoms with Gasteiger partial charge in [-0.05, 0) is 24.2 Å². The summed E-state index contributed by atoms with van der Waals surface area (Å²) < 4.78 is 0. The van der Waals surface area contributed by atoms with Gasteiger partial charge in [0.2, 0.25) is 17.7 Å². The fraction of sp³-hybridized carbons (Fsp3) is 0.824. The second kappa shape index (κ2) is 10.3. The third-order valence-electron chi connectivity index (χ3n) is 3.85. The molecule has 0 fully saturated rings. The molecular weight excluding hydrogens is 308 g/mol. The summed E-state index contributed by atoms with van der Waals surface area (Å²) in [4.78, 5) is 36.7. The van der Waals surface area contributed by atoms with Crippen LogP contribution in [0.4, 0.5) is 0 Å². The molecule has 0 heterocycles. The molecule has 7 nitrogen and oxygen atoms in total. The number of hydrogen-bond acceptors (Lipinski definition) is 4. The van der Waals surface area contributed by atoms with Crippen LogP contribution >= 0.6 is 0 Å². The van der Waals surface area contributed by atoms with Crippen LogP contribution in [0.2, 0.25) is 0 Å². The van der Waals surface area contributed by atoms with Gasteiger partial charge in [0, 0.05) is 7.05 Å². The molecule has 24 heavy (non-hydrogen) atoms. The Labute approximate surface area is 145 Å². The first kappa shape index (κ1) is 22.4. The van der Waals surface area contributed by atoms with Crippen molar-refractivity contribution < 1.29 is 14.4 Å². The number of amides is 3. The summed E-state index contributed by atoms with van der Waals surface area (Å²) in [5.41, 5.74) is 5.84. The van der Waals surface area contributed by atoms with Crippen molar-refractivity contribution in [2.24, 2.45) is 23.5 Å². The van der Waals surface area contributed by atoms with E-state index in [1.807, 2.05) is 41.5 Å². The van der Waals surface area contributed by atoms with Crippen molar-refractivity contribution >= 4 is 17.7 Å². The number of carbonyl (C=O) groups is 3. The Kier molecular flexibility index (Phi) is 9.58. The van der Waals surface area contributed by atoms with Crippen molar-refractivity contribution in [3.05, 3.63) is 0 Å². The van der Waals surface area contributed by atoms with Crippen LogP contribution in [0.25, 0.3) is 0 Å². The summed E-state index contributed by atoms with van der Waals surface area (Å²) in [7, 11) is 1.53. The van der Waals surface area contributed by atoms with E-state index in [2.05, 4.69) is 16.0 Å². The number of rotatable bonds is 9. The maximum atomic E-state index is 12.6. The van der Waals surface area contributed by atoms with Crippen LogP contribution in [0.5, 0.6) is 0 Å². The van der Waals surface area contributed by atoms with Gasteiger partial charge in [0.1, 0.15) is 12.1 Å². The Morgan fingerprint density at radius 2 is 1.38 bits per heavy atom. The Hall–Kier alpha value is -1.63. The predicted octanol–water partition coefficient (Wildman–Crippen LogP) is 0.387. The summed E-state index contributed by atoms with van der Waals surface area (Å²) in [5, 5.41) is 8.01. The van der Waals surface area contributed by atoms with Crippen LogP contribution < -0.4 is 21.7 Å². The van der Waals surface area contributed by atoms with Crippen LogP contribution in [0.3, 0.4) is 0 Å². The van der Waals surface area contributed by atoms with E-state index in [0.29, 0.717) is 6.42 Å². The van der Waals surface area contributed by atoms with Crippen LogP contribution in [-0.2, 0) is 14.4 Å². The van der Waals surface area contributed by atoms with E-state index in [1.54, 1.807) is 0 Å². The zero-order valence-electron chi connectivity index (χ0n) is 16.0. The van der Waals surface area contributed by atoms with Gasteiger partial charge in [-0.3, -0.25) is 14.4 Å². The molecule has 0 spiro atoms. The van der Waals surface area contributed by atoms with Gasteiger partial charge in [0.15, 0.2) is 0 Å². The van der Waals surface area contributed by atoms with Crippen molar-refractivity contribution in [1.82, 2.24) is 16.0 Å². The summed E-state index contributed by atoms with van der Waals surface area (Å²) in [6.45, 7) is 11.3. The maximum Gasteiger partial charge on any atom is 0.243 e. The molecule has 0 aromatic heterocycles. The Morgan fingerprint density at radius 3 is 1.75 bits per heavy atom. The van der Waals surface area contributed by atoms with E-state index in [-0.39, 0.29) is 35.5 Å². The molecule has 0 bridgehead atoms. The van der Waals surface area contributed by atoms with Gasteiger partial charge in [-0.1, -0.05) is 41.5 Å². The number of nitrogens with one attached hydrogen (secondary N) is 3. The van der Waals surface area contributed by atoms with E-state index in [1.165, 1.54) is 7.05 Å². The first-order valence-electron chi connectivity index (χ1n) is 8.59. The molecule has 0 rings (SSSR count). The van der Waals surface area contributed by atoms with E-state index >= 15 is 0 Å². The summed E-state index contributed by atoms with van der Waals surface area (Å²) in [5.74, 6) is -0.889. The van der Waals surface area contributed by atoms with Gasteiger partial charge in [-0.25, -0.2) is 0 Å². The lowest BCUT2D eigenvalue weighted by molar-refractivity contribution is -0.133. The molecule has 0 saturated carbocycles. The second-order valence-corrected chi connectivity index (χ2v) is 7.31. The molecule has 3 amide bonds. The fourth-order valence-electron chi connectivity index (χ4n) is 2.23. The third-order valence-corrected chi connectivity index (χ3v) is 3.85. The smallest absolute Gasteiger partial charge is 0.243 e. The lowest BCUT2D eigenvalue weighted by Gasteiger charge is -2.27. The quantitative estimate of drug-likeness (QED) is 0.485. The molecule has 0 aromatic carbocycles. The Balaban J connectivity index is 5.07. The van der Waals surface area contributed by atoms with Gasteiger partial charge in [-0.15, -0.1) is 0 Å². The second-order valence-electron chi connectivity index (χ2n) is 7.31. The lowest BCUT2D eigenvalue weighted by atomic mass is 9.98. The van der Waals surface area contributed by atoms with Gasteiger partial charge >= 0.3 is 0 Å². The highest BCUT2D eigenvalue weighted by atomic mass is 16.2. The highest BCUT2D eigenvalue weighted by molar-refractivity contribution is 5.93. The molecule has 0 saturated heterocycles. The van der Waals surface area contributed by atoms with Crippen molar-refractivity contribution in [2.75, 3.05) is 7.05 Å². The molecule has 0 aliphatic carbocycles. The molecule has 7 heteroatoms. The molecule has 140 valence electrons. The summed E-state index contributed by atoms with van der Waals surface area (Å²) >= 11 is 0. The van der Waals surface area contributed by atoms with Crippen molar-refractivity contribution in [3.63, 3.8) is 0 Å². The number of likely N-dealkylation sites (N-methyl/N-ethyl adjacent to an activating group) is 1. The van der Waals surface area contributed by atoms with E-state index in [0.717, 1.165) is 0 Å². The number of hydrogen-bond donors (Lipinski definition) is 4. The third kappa shape index (κ3) is 7.29. The van der Waals surface area contributed by atoms with E-state index in [4.69, 9.17) is 5.73 Å². The SMILES string of the molecule is CNC(=O)C(CC(C)C)NC(=O)C(NC(=O)C(N)C(C)C)C(C)C. The maximum absolute atomic E-state index is 12.6. The minimum Gasteiger partial charge on any atom is -0.357 e. The molecule has 0 aromatic rings. The highest BCUT2D eigenvalue weighted by Crippen LogP contribution is 2.08. The zero-order valence-corrected chi connectivity index (χ0v) is 16.0. The fourth-order valence-corrected chi connectivity index (χ4v) is 2.23. The molecular formula is C17H34N4O3. The molecule has 0 aliphatic rings. The van der Waals surface area contributed by atoms with Gasteiger partial charge in [-0.2, -0.15) is 0 Å². The van der Waals surface area contributed by atoms with Crippen molar-refractivity contribution in [2.45, 2.75) is 66.1 Å². The lowest BCUT2D eigenvalue weighted by Crippen LogP contribution is -2.58. The van der Waals surface area contributed by atoms with Gasteiger partial charge < -0.3 is 21.7 Å². The molecule has 3 unspecified atom stereocenters. The predicted molar refractivity (Wildman–Crippen MR) is 95.0 cm³/mol. The van der Waals surface area contributed by atoms with E-state index in [9.17, 15) is 14.4 Å². The van der Waals surface area contributed by atoms with Crippen LogP contribution in [0, 0.1) is 17.8 Å². The monoisotopic (exact) mass is 342 g/mol. The van der Waals surface area contributed by atoms with Gasteiger partial charge in [0.25, 0.3) is 0 Å². The minimum atomic E-state index is -0.735. The number of nitrogens with two attached hydrogens (primary N) is 1. The first-order valence-corrected chi connectivity index (χ1v) is 8.59. The largest absolute Gasteiger partial charge is 0.357 e. The normalized spacial score (nSPS) is 15.1. The average Bonchev–Trinajstić information content (AvgIpc) is 2.48. The molecule has 0 aliphatic heterocycles. The zero-order chi connectivity index (χ0) is 19.0. The highest BCUT2D eigenvalue weighted by Gasteiger charge is 2.30. The topological polar surface area (TPSA) is 113 Å². The van der Waals surface area contributed by atoms with Crippen LogP contribution in [0.15, 0.2) is 0 Å². The summed E-state index contributed by atoms with van der Waals surface area (Å²) in [6.07, 6.45) is 0.523. The number of carbonyl (C=O) groups excluding carboxylic acids is 3. The average molecular weight is 342 g/mol. The van der Waals surface area contributed by atoms with Crippen molar-refractivity contribution in [1.29, 1.82) is 0 Å². The standard InChI is InChI=1S/C17H34N4O3/c1-9(2)8-12(15(22)19-7)20-17(24)14(11(5)6)21-16(23)13(18)10(3)4/h9-14H,8,18H2,1-7H3,(H,19,22)(H,20,24)(H,21,23). The molecule has 3 atom stereocenters. The van der Waals surface area contributed by atoms with Crippen molar-refractivity contribution in [3.8, 4) is 0 Å². The van der Waals surface area contributed by atoms with Gasteiger partial charge in [0.05, 0.1) is 6.04 Å². The van der Waals surface area contributed by atoms with Crippen LogP contribution in [0.1, 0.15) is 48.0 Å². The Bertz CT molecular complexity index is 436. The summed E-state index contributed by atoms with van der Waals surface area (Å²) in [6, 6.07) is -2.04. The Morgan fingerprint density at radius 1 is 0.833 bits per heavy atom. The minimum absolute atomic E-state index is 0.0274.